The molecular weight excluding hydrogens is 681 g/mol. The molecule has 0 unspecified atom stereocenters. The number of ether oxygens (including phenoxy) is 2. The second kappa shape index (κ2) is 15.4. The van der Waals surface area contributed by atoms with Crippen molar-refractivity contribution in [2.75, 3.05) is 13.1 Å². The van der Waals surface area contributed by atoms with Gasteiger partial charge in [-0.05, 0) is 84.0 Å². The number of carbonyl (C=O) groups is 1. The number of aliphatic imine (C=N–C) groups is 1. The van der Waals surface area contributed by atoms with Gasteiger partial charge in [0, 0.05) is 50.3 Å². The molecule has 10 nitrogen and oxygen atoms in total. The van der Waals surface area contributed by atoms with Crippen LogP contribution in [0, 0.1) is 35.2 Å². The number of benzene rings is 2. The number of hydrogen-bond donors (Lipinski definition) is 5. The van der Waals surface area contributed by atoms with E-state index in [1.807, 2.05) is 43.5 Å². The van der Waals surface area contributed by atoms with Gasteiger partial charge in [-0.2, -0.15) is 0 Å². The highest BCUT2D eigenvalue weighted by atomic mass is 16.5. The van der Waals surface area contributed by atoms with E-state index in [0.29, 0.717) is 37.3 Å². The summed E-state index contributed by atoms with van der Waals surface area (Å²) >= 11 is 0. The van der Waals surface area contributed by atoms with Gasteiger partial charge >= 0.3 is 0 Å². The lowest BCUT2D eigenvalue weighted by Gasteiger charge is -2.39. The van der Waals surface area contributed by atoms with Crippen molar-refractivity contribution < 1.29 is 29.6 Å². The number of aliphatic hydroxyl groups is 3. The molecule has 10 heteroatoms. The van der Waals surface area contributed by atoms with Crippen molar-refractivity contribution in [2.45, 2.75) is 115 Å². The van der Waals surface area contributed by atoms with Gasteiger partial charge in [-0.1, -0.05) is 62.1 Å². The lowest BCUT2D eigenvalue weighted by molar-refractivity contribution is -0.121. The highest BCUT2D eigenvalue weighted by molar-refractivity contribution is 5.88. The SMILES string of the molecule is CCC[C@H](O)C[C@@H](O)CC(=O)CCc1ccc2c(c1)O[C@@H]1[C@@H](C#C[C@H](O)c3ccc4c(c3CC3=C5CN1C=C5N=C3)CCN[C@H]4N)C1(C#CO2)CCCC1. The molecular formula is C44H50N4O6. The Bertz CT molecular complexity index is 2020. The number of fused-ring (bicyclic) bond motifs is 8. The van der Waals surface area contributed by atoms with E-state index >= 15 is 0 Å². The molecule has 6 atom stereocenters. The van der Waals surface area contributed by atoms with E-state index in [4.69, 9.17) is 20.2 Å². The van der Waals surface area contributed by atoms with Gasteiger partial charge in [0.2, 0.25) is 0 Å². The molecule has 0 radical (unpaired) electrons. The number of nitrogens with zero attached hydrogens (tertiary/aromatic N) is 2. The third kappa shape index (κ3) is 7.22. The third-order valence-electron chi connectivity index (χ3n) is 12.0. The molecule has 0 amide bonds. The van der Waals surface area contributed by atoms with Crippen LogP contribution >= 0.6 is 0 Å². The molecule has 2 aromatic carbocycles. The molecule has 6 N–H and O–H groups in total. The molecule has 8 rings (SSSR count). The van der Waals surface area contributed by atoms with Crippen molar-refractivity contribution in [1.82, 2.24) is 10.2 Å². The van der Waals surface area contributed by atoms with Crippen molar-refractivity contribution in [1.29, 1.82) is 0 Å². The summed E-state index contributed by atoms with van der Waals surface area (Å²) in [6, 6.07) is 9.69. The number of nitrogens with two attached hydrogens (primary N) is 1. The number of ketones is 1. The first-order chi connectivity index (χ1) is 26.2. The van der Waals surface area contributed by atoms with Crippen LogP contribution in [0.2, 0.25) is 0 Å². The highest BCUT2D eigenvalue weighted by Crippen LogP contribution is 2.49. The van der Waals surface area contributed by atoms with Crippen molar-refractivity contribution in [2.24, 2.45) is 22.1 Å². The van der Waals surface area contributed by atoms with Gasteiger partial charge in [-0.15, -0.1) is 0 Å². The zero-order valence-electron chi connectivity index (χ0n) is 30.9. The molecule has 2 aromatic rings. The summed E-state index contributed by atoms with van der Waals surface area (Å²) in [4.78, 5) is 19.9. The Morgan fingerprint density at radius 2 is 1.94 bits per heavy atom. The van der Waals surface area contributed by atoms with Gasteiger partial charge < -0.3 is 35.4 Å². The quantitative estimate of drug-likeness (QED) is 0.232. The van der Waals surface area contributed by atoms with Crippen LogP contribution in [0.15, 0.2) is 58.4 Å². The first kappa shape index (κ1) is 36.6. The fraction of sp³-hybridized carbons (Fsp3) is 0.500. The van der Waals surface area contributed by atoms with Gasteiger partial charge in [0.15, 0.2) is 17.7 Å². The van der Waals surface area contributed by atoms with Crippen LogP contribution in [0.4, 0.5) is 0 Å². The van der Waals surface area contributed by atoms with Crippen molar-refractivity contribution in [3.63, 3.8) is 0 Å². The Hall–Kier alpha value is -4.42. The van der Waals surface area contributed by atoms with Crippen LogP contribution in [0.25, 0.3) is 0 Å². The van der Waals surface area contributed by atoms with E-state index in [1.165, 1.54) is 5.56 Å². The molecule has 54 heavy (non-hydrogen) atoms. The maximum absolute atomic E-state index is 12.9. The number of rotatable bonds is 9. The number of nitrogens with one attached hydrogen (secondary N) is 1. The average molecular weight is 731 g/mol. The summed E-state index contributed by atoms with van der Waals surface area (Å²) in [5.74, 6) is 10.9. The van der Waals surface area contributed by atoms with E-state index in [1.54, 1.807) is 0 Å². The van der Waals surface area contributed by atoms with Crippen LogP contribution in [0.1, 0.15) is 105 Å². The van der Waals surface area contributed by atoms with Crippen molar-refractivity contribution >= 4 is 12.0 Å². The summed E-state index contributed by atoms with van der Waals surface area (Å²) in [5, 5.41) is 35.7. The number of carbonyl (C=O) groups excluding carboxylic acids is 1. The minimum absolute atomic E-state index is 0.0128. The Labute approximate surface area is 317 Å². The predicted molar refractivity (Wildman–Crippen MR) is 205 cm³/mol. The highest BCUT2D eigenvalue weighted by Gasteiger charge is 2.48. The summed E-state index contributed by atoms with van der Waals surface area (Å²) in [7, 11) is 0. The largest absolute Gasteiger partial charge is 0.465 e. The Morgan fingerprint density at radius 1 is 1.11 bits per heavy atom. The molecule has 1 fully saturated rings. The Kier molecular flexibility index (Phi) is 10.4. The molecule has 1 aliphatic carbocycles. The van der Waals surface area contributed by atoms with E-state index in [0.717, 1.165) is 84.2 Å². The average Bonchev–Trinajstić information content (AvgIpc) is 3.89. The molecule has 5 heterocycles. The topological polar surface area (TPSA) is 150 Å². The first-order valence-electron chi connectivity index (χ1n) is 19.6. The number of hydrogen-bond acceptors (Lipinski definition) is 10. The summed E-state index contributed by atoms with van der Waals surface area (Å²) in [5.41, 5.74) is 14.1. The molecule has 282 valence electrons. The van der Waals surface area contributed by atoms with Gasteiger partial charge in [-0.25, -0.2) is 0 Å². The molecule has 1 saturated carbocycles. The predicted octanol–water partition coefficient (Wildman–Crippen LogP) is 4.66. The number of aryl methyl sites for hydroxylation is 1. The van der Waals surface area contributed by atoms with Gasteiger partial charge in [0.25, 0.3) is 0 Å². The standard InChI is InChI=1S/C44H50N4O6/c1-2-5-29(49)22-31(51)23-30(50)8-6-27-7-13-40-41(20-27)54-43-37(44(17-19-53-40)15-3-4-16-44)11-12-39(52)33-9-10-34-32(14-18-46-42(34)45)35(33)21-28-24-47-38-26-48(43)25-36(28)38/h7,9-10,13,20,24,26,29,31,37,39,42-43,46,49,51-52H,2-6,8,14-16,18,21-23,25,45H2,1H3/t29-,31+,37+,39-,42+,43+/m0/s1. The molecule has 0 aromatic heterocycles. The number of aliphatic hydroxyl groups excluding tert-OH is 3. The van der Waals surface area contributed by atoms with Crippen LogP contribution in [-0.4, -0.2) is 63.7 Å². The number of allylic oxidation sites excluding steroid dienone is 1. The van der Waals surface area contributed by atoms with E-state index < -0.39 is 35.9 Å². The normalized spacial score (nSPS) is 25.6. The smallest absolute Gasteiger partial charge is 0.187 e. The molecule has 1 spiro atoms. The molecule has 5 aliphatic heterocycles. The van der Waals surface area contributed by atoms with Crippen molar-refractivity contribution in [3.8, 4) is 35.4 Å². The van der Waals surface area contributed by atoms with Crippen molar-refractivity contribution in [3.05, 3.63) is 81.2 Å². The second-order valence-electron chi connectivity index (χ2n) is 15.7. The van der Waals surface area contributed by atoms with Crippen LogP contribution in [-0.2, 0) is 24.1 Å². The van der Waals surface area contributed by atoms with E-state index in [2.05, 4.69) is 40.3 Å². The van der Waals surface area contributed by atoms with Gasteiger partial charge in [0.1, 0.15) is 18.0 Å². The summed E-state index contributed by atoms with van der Waals surface area (Å²) in [6.07, 6.45) is 11.2. The van der Waals surface area contributed by atoms with E-state index in [-0.39, 0.29) is 31.2 Å². The first-order valence-corrected chi connectivity index (χ1v) is 19.6. The molecule has 0 saturated heterocycles. The second-order valence-corrected chi connectivity index (χ2v) is 15.7. The van der Waals surface area contributed by atoms with Crippen LogP contribution in [0.5, 0.6) is 11.5 Å². The fourth-order valence-corrected chi connectivity index (χ4v) is 9.17. The van der Waals surface area contributed by atoms with Gasteiger partial charge in [-0.3, -0.25) is 15.1 Å². The minimum atomic E-state index is -1.03. The monoisotopic (exact) mass is 730 g/mol. The maximum atomic E-state index is 12.9. The fourth-order valence-electron chi connectivity index (χ4n) is 9.17. The summed E-state index contributed by atoms with van der Waals surface area (Å²) < 4.78 is 13.2. The number of Topliss-reactive ketones (excluding diaryl/α,β-unsaturated/α-hetero) is 1. The van der Waals surface area contributed by atoms with E-state index in [9.17, 15) is 20.1 Å². The lowest BCUT2D eigenvalue weighted by Crippen LogP contribution is -2.47. The van der Waals surface area contributed by atoms with Crippen LogP contribution in [0.3, 0.4) is 0 Å². The molecule has 2 bridgehead atoms. The van der Waals surface area contributed by atoms with Gasteiger partial charge in [0.05, 0.1) is 35.4 Å². The van der Waals surface area contributed by atoms with Crippen LogP contribution < -0.4 is 20.5 Å². The summed E-state index contributed by atoms with van der Waals surface area (Å²) in [6.45, 7) is 3.33. The lowest BCUT2D eigenvalue weighted by atomic mass is 9.73. The third-order valence-corrected chi connectivity index (χ3v) is 12.0. The zero-order valence-corrected chi connectivity index (χ0v) is 30.9. The Balaban J connectivity index is 1.14. The zero-order chi connectivity index (χ0) is 37.4. The minimum Gasteiger partial charge on any atom is -0.465 e. The molecule has 6 aliphatic rings. The Morgan fingerprint density at radius 3 is 2.78 bits per heavy atom. The maximum Gasteiger partial charge on any atom is 0.187 e.